The second-order valence-corrected chi connectivity index (χ2v) is 7.33. The zero-order chi connectivity index (χ0) is 14.8. The van der Waals surface area contributed by atoms with Crippen LogP contribution in [0.5, 0.6) is 0 Å². The number of rotatable bonds is 8. The van der Waals surface area contributed by atoms with Gasteiger partial charge in [0.25, 0.3) is 0 Å². The Morgan fingerprint density at radius 1 is 1.55 bits per heavy atom. The Labute approximate surface area is 122 Å². The quantitative estimate of drug-likeness (QED) is 0.752. The van der Waals surface area contributed by atoms with Gasteiger partial charge in [-0.2, -0.15) is 0 Å². The van der Waals surface area contributed by atoms with E-state index in [4.69, 9.17) is 5.11 Å². The van der Waals surface area contributed by atoms with E-state index >= 15 is 0 Å². The first-order valence-corrected chi connectivity index (χ1v) is 8.86. The first kappa shape index (κ1) is 15.4. The first-order valence-electron chi connectivity index (χ1n) is 6.50. The minimum absolute atomic E-state index is 0.146. The van der Waals surface area contributed by atoms with Crippen molar-refractivity contribution >= 4 is 27.3 Å². The van der Waals surface area contributed by atoms with Gasteiger partial charge >= 0.3 is 5.97 Å². The lowest BCUT2D eigenvalue weighted by molar-refractivity contribution is 0.0698. The molecule has 1 fully saturated rings. The molecule has 1 heterocycles. The summed E-state index contributed by atoms with van der Waals surface area (Å²) >= 11 is 0.915. The molecule has 20 heavy (non-hydrogen) atoms. The molecule has 6 nitrogen and oxygen atoms in total. The lowest BCUT2D eigenvalue weighted by atomic mass is 10.4. The molecule has 0 radical (unpaired) electrons. The van der Waals surface area contributed by atoms with Gasteiger partial charge in [0.2, 0.25) is 10.0 Å². The van der Waals surface area contributed by atoms with Crippen molar-refractivity contribution in [2.45, 2.75) is 30.7 Å². The van der Waals surface area contributed by atoms with Gasteiger partial charge in [0.1, 0.15) is 9.77 Å². The molecule has 2 N–H and O–H groups in total. The smallest absolute Gasteiger partial charge is 0.347 e. The summed E-state index contributed by atoms with van der Waals surface area (Å²) in [6, 6.07) is 1.91. The van der Waals surface area contributed by atoms with Crippen LogP contribution < -0.4 is 4.72 Å². The predicted molar refractivity (Wildman–Crippen MR) is 76.7 cm³/mol. The topological polar surface area (TPSA) is 86.7 Å². The van der Waals surface area contributed by atoms with Crippen molar-refractivity contribution in [2.24, 2.45) is 0 Å². The number of nitrogens with one attached hydrogen (secondary N) is 1. The van der Waals surface area contributed by atoms with E-state index in [1.807, 2.05) is 6.92 Å². The SMILES string of the molecule is CCN(CCNS(=O)(=O)c1ccsc1C(=O)O)C1CC1. The van der Waals surface area contributed by atoms with Crippen LogP contribution in [-0.4, -0.2) is 50.1 Å². The van der Waals surface area contributed by atoms with Crippen molar-refractivity contribution in [3.8, 4) is 0 Å². The molecule has 8 heteroatoms. The van der Waals surface area contributed by atoms with Crippen LogP contribution in [0.25, 0.3) is 0 Å². The molecular formula is C12H18N2O4S2. The summed E-state index contributed by atoms with van der Waals surface area (Å²) in [6.45, 7) is 3.88. The normalized spacial score (nSPS) is 15.7. The third kappa shape index (κ3) is 3.57. The fourth-order valence-electron chi connectivity index (χ4n) is 2.10. The maximum atomic E-state index is 12.1. The number of likely N-dealkylation sites (N-methyl/N-ethyl adjacent to an activating group) is 1. The Hall–Kier alpha value is -0.960. The zero-order valence-corrected chi connectivity index (χ0v) is 12.8. The first-order chi connectivity index (χ1) is 9.45. The van der Waals surface area contributed by atoms with E-state index in [2.05, 4.69) is 9.62 Å². The highest BCUT2D eigenvalue weighted by atomic mass is 32.2. The van der Waals surface area contributed by atoms with E-state index in [1.165, 1.54) is 24.3 Å². The van der Waals surface area contributed by atoms with Crippen molar-refractivity contribution in [3.63, 3.8) is 0 Å². The number of aromatic carboxylic acids is 1. The third-order valence-corrected chi connectivity index (χ3v) is 5.81. The zero-order valence-electron chi connectivity index (χ0n) is 11.2. The highest BCUT2D eigenvalue weighted by molar-refractivity contribution is 7.89. The van der Waals surface area contributed by atoms with Crippen LogP contribution in [0.4, 0.5) is 0 Å². The van der Waals surface area contributed by atoms with Crippen LogP contribution in [-0.2, 0) is 10.0 Å². The Kier molecular flexibility index (Phi) is 4.79. The number of sulfonamides is 1. The highest BCUT2D eigenvalue weighted by Gasteiger charge is 2.28. The average Bonchev–Trinajstić information content (AvgIpc) is 3.08. The van der Waals surface area contributed by atoms with E-state index in [0.717, 1.165) is 17.9 Å². The number of hydrogen-bond acceptors (Lipinski definition) is 5. The van der Waals surface area contributed by atoms with E-state index in [1.54, 1.807) is 0 Å². The van der Waals surface area contributed by atoms with Gasteiger partial charge in [0.15, 0.2) is 0 Å². The van der Waals surface area contributed by atoms with E-state index in [-0.39, 0.29) is 9.77 Å². The largest absolute Gasteiger partial charge is 0.477 e. The molecule has 0 aliphatic heterocycles. The lowest BCUT2D eigenvalue weighted by Crippen LogP contribution is -2.36. The number of nitrogens with zero attached hydrogens (tertiary/aromatic N) is 1. The molecule has 0 amide bonds. The van der Waals surface area contributed by atoms with Crippen LogP contribution in [0.2, 0.25) is 0 Å². The molecule has 1 aliphatic carbocycles. The fourth-order valence-corrected chi connectivity index (χ4v) is 4.38. The fraction of sp³-hybridized carbons (Fsp3) is 0.583. The summed E-state index contributed by atoms with van der Waals surface area (Å²) in [5, 5.41) is 10.4. The maximum absolute atomic E-state index is 12.1. The maximum Gasteiger partial charge on any atom is 0.347 e. The standard InChI is InChI=1S/C12H18N2O4S2/c1-2-14(9-3-4-9)7-6-13-20(17,18)10-5-8-19-11(10)12(15)16/h5,8-9,13H,2-4,6-7H2,1H3,(H,15,16). The van der Waals surface area contributed by atoms with Crippen molar-refractivity contribution < 1.29 is 18.3 Å². The lowest BCUT2D eigenvalue weighted by Gasteiger charge is -2.19. The summed E-state index contributed by atoms with van der Waals surface area (Å²) in [5.74, 6) is -1.21. The van der Waals surface area contributed by atoms with Crippen LogP contribution in [0, 0.1) is 0 Å². The van der Waals surface area contributed by atoms with E-state index in [9.17, 15) is 13.2 Å². The van der Waals surface area contributed by atoms with Crippen LogP contribution in [0.3, 0.4) is 0 Å². The molecule has 0 atom stereocenters. The number of hydrogen-bond donors (Lipinski definition) is 2. The van der Waals surface area contributed by atoms with Gasteiger partial charge in [-0.1, -0.05) is 6.92 Å². The summed E-state index contributed by atoms with van der Waals surface area (Å²) < 4.78 is 26.7. The second kappa shape index (κ2) is 6.21. The predicted octanol–water partition coefficient (Wildman–Crippen LogP) is 1.21. The Morgan fingerprint density at radius 3 is 2.80 bits per heavy atom. The number of carboxylic acid groups (broad SMARTS) is 1. The molecule has 1 aliphatic rings. The highest BCUT2D eigenvalue weighted by Crippen LogP contribution is 2.26. The van der Waals surface area contributed by atoms with Gasteiger partial charge in [-0.25, -0.2) is 17.9 Å². The van der Waals surface area contributed by atoms with Gasteiger partial charge in [-0.3, -0.25) is 4.90 Å². The summed E-state index contributed by atoms with van der Waals surface area (Å²) in [5.41, 5.74) is 0. The molecular weight excluding hydrogens is 300 g/mol. The summed E-state index contributed by atoms with van der Waals surface area (Å²) in [7, 11) is -3.75. The Bertz CT molecular complexity index is 578. The molecule has 0 spiro atoms. The molecule has 112 valence electrons. The summed E-state index contributed by atoms with van der Waals surface area (Å²) in [6.07, 6.45) is 2.35. The molecule has 1 aromatic rings. The van der Waals surface area contributed by atoms with Crippen molar-refractivity contribution in [3.05, 3.63) is 16.3 Å². The molecule has 1 aromatic heterocycles. The third-order valence-electron chi connectivity index (χ3n) is 3.27. The number of carboxylic acids is 1. The van der Waals surface area contributed by atoms with Gasteiger partial charge in [-0.15, -0.1) is 11.3 Å². The van der Waals surface area contributed by atoms with Gasteiger partial charge in [-0.05, 0) is 30.8 Å². The van der Waals surface area contributed by atoms with Crippen molar-refractivity contribution in [1.82, 2.24) is 9.62 Å². The Morgan fingerprint density at radius 2 is 2.25 bits per heavy atom. The molecule has 1 saturated carbocycles. The molecule has 0 unspecified atom stereocenters. The van der Waals surface area contributed by atoms with E-state index < -0.39 is 16.0 Å². The molecule has 0 aromatic carbocycles. The minimum Gasteiger partial charge on any atom is -0.477 e. The van der Waals surface area contributed by atoms with Gasteiger partial charge in [0.05, 0.1) is 0 Å². The second-order valence-electron chi connectivity index (χ2n) is 4.68. The minimum atomic E-state index is -3.75. The van der Waals surface area contributed by atoms with Crippen LogP contribution in [0.1, 0.15) is 29.4 Å². The summed E-state index contributed by atoms with van der Waals surface area (Å²) in [4.78, 5) is 12.9. The monoisotopic (exact) mass is 318 g/mol. The average molecular weight is 318 g/mol. The van der Waals surface area contributed by atoms with Gasteiger partial charge in [0, 0.05) is 19.1 Å². The number of carbonyl (C=O) groups is 1. The van der Waals surface area contributed by atoms with E-state index in [0.29, 0.717) is 19.1 Å². The van der Waals surface area contributed by atoms with Crippen molar-refractivity contribution in [1.29, 1.82) is 0 Å². The molecule has 0 bridgehead atoms. The number of thiophene rings is 1. The van der Waals surface area contributed by atoms with Crippen molar-refractivity contribution in [2.75, 3.05) is 19.6 Å². The Balaban J connectivity index is 1.96. The van der Waals surface area contributed by atoms with Crippen LogP contribution >= 0.6 is 11.3 Å². The molecule has 0 saturated heterocycles. The van der Waals surface area contributed by atoms with Gasteiger partial charge < -0.3 is 5.11 Å². The molecule has 2 rings (SSSR count). The van der Waals surface area contributed by atoms with Crippen LogP contribution in [0.15, 0.2) is 16.3 Å².